The predicted molar refractivity (Wildman–Crippen MR) is 85.0 cm³/mol. The van der Waals surface area contributed by atoms with Crippen molar-refractivity contribution in [1.29, 1.82) is 0 Å². The smallest absolute Gasteiger partial charge is 0.335 e. The molecule has 0 spiro atoms. The number of benzene rings is 2. The average molecular weight is 313 g/mol. The van der Waals surface area contributed by atoms with Gasteiger partial charge < -0.3 is 14.6 Å². The summed E-state index contributed by atoms with van der Waals surface area (Å²) in [5.41, 5.74) is 1.41. The van der Waals surface area contributed by atoms with E-state index in [1.165, 1.54) is 26.2 Å². The minimum absolute atomic E-state index is 0.169. The molecule has 2 aromatic carbocycles. The highest BCUT2D eigenvalue weighted by Gasteiger charge is 2.07. The molecule has 6 nitrogen and oxygen atoms in total. The number of aliphatic imine (C=N–C) groups is 1. The van der Waals surface area contributed by atoms with E-state index in [1.807, 2.05) is 0 Å². The molecule has 0 radical (unpaired) electrons. The summed E-state index contributed by atoms with van der Waals surface area (Å²) < 4.78 is 10.2. The maximum absolute atomic E-state index is 11.0. The van der Waals surface area contributed by atoms with Gasteiger partial charge in [0.2, 0.25) is 0 Å². The normalized spacial score (nSPS) is 10.5. The fourth-order valence-electron chi connectivity index (χ4n) is 1.87. The number of nitrogens with zero attached hydrogens (tertiary/aromatic N) is 1. The van der Waals surface area contributed by atoms with Crippen LogP contribution < -0.4 is 9.47 Å². The molecule has 0 fully saturated rings. The van der Waals surface area contributed by atoms with Crippen molar-refractivity contribution < 1.29 is 24.2 Å². The van der Waals surface area contributed by atoms with Crippen LogP contribution in [0, 0.1) is 0 Å². The van der Waals surface area contributed by atoms with E-state index in [2.05, 4.69) is 4.99 Å². The summed E-state index contributed by atoms with van der Waals surface area (Å²) in [6.07, 6.45) is 1.57. The number of hydrogen-bond donors (Lipinski definition) is 1. The molecule has 2 rings (SSSR count). The molecule has 0 atom stereocenters. The highest BCUT2D eigenvalue weighted by Crippen LogP contribution is 2.28. The molecule has 0 heterocycles. The summed E-state index contributed by atoms with van der Waals surface area (Å²) in [5.74, 6) is -0.710. The Morgan fingerprint density at radius 2 is 1.91 bits per heavy atom. The van der Waals surface area contributed by atoms with E-state index >= 15 is 0 Å². The van der Waals surface area contributed by atoms with Crippen LogP contribution in [0.25, 0.3) is 0 Å². The zero-order chi connectivity index (χ0) is 16.8. The van der Waals surface area contributed by atoms with Crippen molar-refractivity contribution in [3.05, 3.63) is 53.6 Å². The van der Waals surface area contributed by atoms with Crippen molar-refractivity contribution in [2.45, 2.75) is 6.92 Å². The Hall–Kier alpha value is -3.15. The third-order valence-corrected chi connectivity index (χ3v) is 2.90. The monoisotopic (exact) mass is 313 g/mol. The minimum Gasteiger partial charge on any atom is -0.493 e. The van der Waals surface area contributed by atoms with E-state index < -0.39 is 11.9 Å². The molecule has 0 unspecified atom stereocenters. The largest absolute Gasteiger partial charge is 0.493 e. The number of esters is 1. The van der Waals surface area contributed by atoms with Crippen LogP contribution >= 0.6 is 0 Å². The first-order valence-corrected chi connectivity index (χ1v) is 6.73. The molecule has 0 amide bonds. The van der Waals surface area contributed by atoms with E-state index in [0.29, 0.717) is 17.2 Å². The van der Waals surface area contributed by atoms with Gasteiger partial charge in [-0.2, -0.15) is 0 Å². The van der Waals surface area contributed by atoms with Gasteiger partial charge >= 0.3 is 11.9 Å². The Morgan fingerprint density at radius 1 is 1.13 bits per heavy atom. The third kappa shape index (κ3) is 4.41. The van der Waals surface area contributed by atoms with Crippen LogP contribution in [-0.2, 0) is 4.79 Å². The molecule has 118 valence electrons. The van der Waals surface area contributed by atoms with Crippen LogP contribution in [0.15, 0.2) is 47.5 Å². The lowest BCUT2D eigenvalue weighted by Crippen LogP contribution is -2.03. The minimum atomic E-state index is -1.01. The SMILES string of the molecule is COc1cc(C=Nc2cccc(C(=O)O)c2)ccc1OC(C)=O. The molecule has 2 aromatic rings. The molecule has 0 aliphatic rings. The maximum Gasteiger partial charge on any atom is 0.335 e. The van der Waals surface area contributed by atoms with E-state index in [4.69, 9.17) is 14.6 Å². The van der Waals surface area contributed by atoms with Crippen LogP contribution in [0.3, 0.4) is 0 Å². The molecule has 0 aliphatic heterocycles. The number of hydrogen-bond acceptors (Lipinski definition) is 5. The van der Waals surface area contributed by atoms with E-state index in [-0.39, 0.29) is 5.56 Å². The summed E-state index contributed by atoms with van der Waals surface area (Å²) in [6.45, 7) is 1.31. The Morgan fingerprint density at radius 3 is 2.57 bits per heavy atom. The second-order valence-corrected chi connectivity index (χ2v) is 4.62. The number of carbonyl (C=O) groups excluding carboxylic acids is 1. The van der Waals surface area contributed by atoms with Gasteiger partial charge in [-0.1, -0.05) is 6.07 Å². The zero-order valence-corrected chi connectivity index (χ0v) is 12.6. The fraction of sp³-hybridized carbons (Fsp3) is 0.118. The van der Waals surface area contributed by atoms with Crippen molar-refractivity contribution in [1.82, 2.24) is 0 Å². The average Bonchev–Trinajstić information content (AvgIpc) is 2.53. The number of ether oxygens (including phenoxy) is 2. The molecule has 6 heteroatoms. The molecule has 0 aromatic heterocycles. The highest BCUT2D eigenvalue weighted by molar-refractivity contribution is 5.89. The van der Waals surface area contributed by atoms with E-state index in [1.54, 1.807) is 36.5 Å². The lowest BCUT2D eigenvalue weighted by molar-refractivity contribution is -0.132. The van der Waals surface area contributed by atoms with E-state index in [0.717, 1.165) is 5.56 Å². The quantitative estimate of drug-likeness (QED) is 0.521. The van der Waals surface area contributed by atoms with Crippen molar-refractivity contribution in [3.8, 4) is 11.5 Å². The number of methoxy groups -OCH3 is 1. The van der Waals surface area contributed by atoms with Crippen molar-refractivity contribution >= 4 is 23.8 Å². The Labute approximate surface area is 133 Å². The van der Waals surface area contributed by atoms with Crippen molar-refractivity contribution in [2.24, 2.45) is 4.99 Å². The predicted octanol–water partition coefficient (Wildman–Crippen LogP) is 3.07. The Bertz CT molecular complexity index is 767. The van der Waals surface area contributed by atoms with Crippen molar-refractivity contribution in [3.63, 3.8) is 0 Å². The Balaban J connectivity index is 2.24. The second kappa shape index (κ2) is 7.22. The van der Waals surface area contributed by atoms with Crippen LogP contribution in [0.2, 0.25) is 0 Å². The first-order chi connectivity index (χ1) is 11.0. The summed E-state index contributed by atoms with van der Waals surface area (Å²) in [7, 11) is 1.47. The zero-order valence-electron chi connectivity index (χ0n) is 12.6. The van der Waals surface area contributed by atoms with Gasteiger partial charge in [-0.15, -0.1) is 0 Å². The molecule has 23 heavy (non-hydrogen) atoms. The molecular formula is C17H15NO5. The van der Waals surface area contributed by atoms with Gasteiger partial charge in [0.15, 0.2) is 11.5 Å². The molecular weight excluding hydrogens is 298 g/mol. The summed E-state index contributed by atoms with van der Waals surface area (Å²) >= 11 is 0. The van der Waals surface area contributed by atoms with Gasteiger partial charge in [-0.25, -0.2) is 4.79 Å². The summed E-state index contributed by atoms with van der Waals surface area (Å²) in [4.78, 5) is 26.2. The first-order valence-electron chi connectivity index (χ1n) is 6.73. The maximum atomic E-state index is 11.0. The number of carboxylic acid groups (broad SMARTS) is 1. The van der Waals surface area contributed by atoms with Gasteiger partial charge in [-0.3, -0.25) is 9.79 Å². The summed E-state index contributed by atoms with van der Waals surface area (Å²) in [5, 5.41) is 8.96. The van der Waals surface area contributed by atoms with Gasteiger partial charge in [0.1, 0.15) is 0 Å². The van der Waals surface area contributed by atoms with Gasteiger partial charge in [-0.05, 0) is 42.0 Å². The standard InChI is InChI=1S/C17H15NO5/c1-11(19)23-15-7-6-12(8-16(15)22-2)10-18-14-5-3-4-13(9-14)17(20)21/h3-10H,1-2H3,(H,20,21). The second-order valence-electron chi connectivity index (χ2n) is 4.62. The van der Waals surface area contributed by atoms with Crippen molar-refractivity contribution in [2.75, 3.05) is 7.11 Å². The molecule has 1 N–H and O–H groups in total. The number of rotatable bonds is 5. The molecule has 0 saturated heterocycles. The van der Waals surface area contributed by atoms with Crippen LogP contribution in [0.5, 0.6) is 11.5 Å². The lowest BCUT2D eigenvalue weighted by Gasteiger charge is -2.08. The van der Waals surface area contributed by atoms with Crippen LogP contribution in [0.1, 0.15) is 22.8 Å². The molecule has 0 saturated carbocycles. The van der Waals surface area contributed by atoms with Gasteiger partial charge in [0, 0.05) is 13.1 Å². The van der Waals surface area contributed by atoms with E-state index in [9.17, 15) is 9.59 Å². The fourth-order valence-corrected chi connectivity index (χ4v) is 1.87. The highest BCUT2D eigenvalue weighted by atomic mass is 16.6. The van der Waals surface area contributed by atoms with Crippen LogP contribution in [0.4, 0.5) is 5.69 Å². The third-order valence-electron chi connectivity index (χ3n) is 2.90. The molecule has 0 bridgehead atoms. The number of aromatic carboxylic acids is 1. The number of carbonyl (C=O) groups is 2. The lowest BCUT2D eigenvalue weighted by atomic mass is 10.2. The van der Waals surface area contributed by atoms with Gasteiger partial charge in [0.25, 0.3) is 0 Å². The molecule has 0 aliphatic carbocycles. The summed E-state index contributed by atoms with van der Waals surface area (Å²) in [6, 6.07) is 11.3. The first kappa shape index (κ1) is 16.2. The topological polar surface area (TPSA) is 85.2 Å². The Kier molecular flexibility index (Phi) is 5.09. The number of carboxylic acids is 1. The van der Waals surface area contributed by atoms with Crippen LogP contribution in [-0.4, -0.2) is 30.4 Å². The van der Waals surface area contributed by atoms with Gasteiger partial charge in [0.05, 0.1) is 18.4 Å².